The van der Waals surface area contributed by atoms with Gasteiger partial charge in [-0.25, -0.2) is 4.98 Å². The number of para-hydroxylation sites is 1. The fraction of sp³-hybridized carbons (Fsp3) is 0. The highest BCUT2D eigenvalue weighted by Crippen LogP contribution is 2.32. The third-order valence-electron chi connectivity index (χ3n) is 2.33. The zero-order chi connectivity index (χ0) is 11.0. The Kier molecular flexibility index (Phi) is 1.98. The van der Waals surface area contributed by atoms with E-state index in [-0.39, 0.29) is 0 Å². The Labute approximate surface area is 95.6 Å². The van der Waals surface area contributed by atoms with Crippen molar-refractivity contribution in [1.29, 1.82) is 5.26 Å². The largest absolute Gasteiger partial charge is 0.464 e. The highest BCUT2D eigenvalue weighted by atomic mass is 32.1. The normalized spacial score (nSPS) is 10.4. The van der Waals surface area contributed by atoms with Crippen LogP contribution in [0.5, 0.6) is 0 Å². The minimum atomic E-state index is 0.449. The lowest BCUT2D eigenvalue weighted by molar-refractivity contribution is 0.617. The summed E-state index contributed by atoms with van der Waals surface area (Å²) in [5, 5.41) is 12.3. The summed E-state index contributed by atoms with van der Waals surface area (Å²) in [6.45, 7) is 0. The summed E-state index contributed by atoms with van der Waals surface area (Å²) in [6, 6.07) is 9.82. The number of aromatic nitrogens is 1. The van der Waals surface area contributed by atoms with Gasteiger partial charge in [-0.1, -0.05) is 18.2 Å². The molecule has 0 spiro atoms. The van der Waals surface area contributed by atoms with Gasteiger partial charge in [0.15, 0.2) is 5.69 Å². The van der Waals surface area contributed by atoms with Crippen molar-refractivity contribution in [2.75, 3.05) is 0 Å². The van der Waals surface area contributed by atoms with Crippen LogP contribution in [0, 0.1) is 11.3 Å². The van der Waals surface area contributed by atoms with Crippen LogP contribution < -0.4 is 0 Å². The lowest BCUT2D eigenvalue weighted by atomic mass is 10.2. The Morgan fingerprint density at radius 1 is 1.31 bits per heavy atom. The van der Waals surface area contributed by atoms with E-state index in [1.54, 1.807) is 11.6 Å². The number of hydrogen-bond donors (Lipinski definition) is 0. The molecule has 16 heavy (non-hydrogen) atoms. The predicted octanol–water partition coefficient (Wildman–Crippen LogP) is 3.43. The van der Waals surface area contributed by atoms with Gasteiger partial charge >= 0.3 is 0 Å². The molecule has 0 atom stereocenters. The molecule has 1 aromatic carbocycles. The lowest BCUT2D eigenvalue weighted by Gasteiger charge is -1.90. The molecule has 0 aliphatic heterocycles. The van der Waals surface area contributed by atoms with Gasteiger partial charge in [0.2, 0.25) is 0 Å². The second kappa shape index (κ2) is 3.47. The number of nitrogens with zero attached hydrogens (tertiary/aromatic N) is 2. The van der Waals surface area contributed by atoms with Crippen molar-refractivity contribution in [2.24, 2.45) is 0 Å². The number of rotatable bonds is 1. The molecule has 0 saturated carbocycles. The SMILES string of the molecule is N#Cc1csc(-c2coc3ccccc23)n1. The van der Waals surface area contributed by atoms with E-state index < -0.39 is 0 Å². The summed E-state index contributed by atoms with van der Waals surface area (Å²) in [7, 11) is 0. The highest BCUT2D eigenvalue weighted by molar-refractivity contribution is 7.13. The molecule has 0 bridgehead atoms. The van der Waals surface area contributed by atoms with E-state index in [2.05, 4.69) is 4.98 Å². The summed E-state index contributed by atoms with van der Waals surface area (Å²) >= 11 is 1.45. The quantitative estimate of drug-likeness (QED) is 0.638. The molecular formula is C12H6N2OS. The third-order valence-corrected chi connectivity index (χ3v) is 3.21. The van der Waals surface area contributed by atoms with E-state index in [0.29, 0.717) is 5.69 Å². The maximum absolute atomic E-state index is 8.73. The summed E-state index contributed by atoms with van der Waals surface area (Å²) < 4.78 is 5.43. The average molecular weight is 226 g/mol. The monoisotopic (exact) mass is 226 g/mol. The molecule has 0 fully saturated rings. The van der Waals surface area contributed by atoms with E-state index in [9.17, 15) is 0 Å². The van der Waals surface area contributed by atoms with Crippen molar-refractivity contribution >= 4 is 22.3 Å². The smallest absolute Gasteiger partial charge is 0.152 e. The molecule has 0 amide bonds. The maximum atomic E-state index is 8.73. The fourth-order valence-electron chi connectivity index (χ4n) is 1.59. The second-order valence-corrected chi connectivity index (χ2v) is 4.15. The van der Waals surface area contributed by atoms with Gasteiger partial charge in [-0.15, -0.1) is 11.3 Å². The van der Waals surface area contributed by atoms with Crippen LogP contribution in [0.2, 0.25) is 0 Å². The zero-order valence-corrected chi connectivity index (χ0v) is 8.99. The van der Waals surface area contributed by atoms with Crippen molar-refractivity contribution in [1.82, 2.24) is 4.98 Å². The van der Waals surface area contributed by atoms with Gasteiger partial charge in [-0.2, -0.15) is 5.26 Å². The summed E-state index contributed by atoms with van der Waals surface area (Å²) in [6.07, 6.45) is 1.69. The Bertz CT molecular complexity index is 690. The van der Waals surface area contributed by atoms with Crippen LogP contribution in [-0.4, -0.2) is 4.98 Å². The first-order chi connectivity index (χ1) is 7.88. The molecular weight excluding hydrogens is 220 g/mol. The van der Waals surface area contributed by atoms with E-state index in [0.717, 1.165) is 21.5 Å². The summed E-state index contributed by atoms with van der Waals surface area (Å²) in [4.78, 5) is 4.22. The summed E-state index contributed by atoms with van der Waals surface area (Å²) in [5.74, 6) is 0. The molecule has 4 heteroatoms. The lowest BCUT2D eigenvalue weighted by Crippen LogP contribution is -1.75. The predicted molar refractivity (Wildman–Crippen MR) is 62.0 cm³/mol. The molecule has 2 heterocycles. The maximum Gasteiger partial charge on any atom is 0.152 e. The molecule has 2 aromatic heterocycles. The number of nitriles is 1. The molecule has 3 nitrogen and oxygen atoms in total. The molecule has 0 saturated heterocycles. The molecule has 0 aliphatic carbocycles. The van der Waals surface area contributed by atoms with Gasteiger partial charge in [0, 0.05) is 10.8 Å². The number of thiazole rings is 1. The minimum absolute atomic E-state index is 0.449. The van der Waals surface area contributed by atoms with E-state index in [4.69, 9.17) is 9.68 Å². The Morgan fingerprint density at radius 3 is 3.00 bits per heavy atom. The Balaban J connectivity index is 2.23. The number of hydrogen-bond acceptors (Lipinski definition) is 4. The molecule has 0 unspecified atom stereocenters. The zero-order valence-electron chi connectivity index (χ0n) is 8.18. The van der Waals surface area contributed by atoms with Gasteiger partial charge in [-0.05, 0) is 6.07 Å². The molecule has 3 rings (SSSR count). The van der Waals surface area contributed by atoms with E-state index in [1.807, 2.05) is 30.3 Å². The van der Waals surface area contributed by atoms with Crippen LogP contribution in [0.1, 0.15) is 5.69 Å². The van der Waals surface area contributed by atoms with Crippen molar-refractivity contribution in [3.8, 4) is 16.6 Å². The molecule has 0 aliphatic rings. The van der Waals surface area contributed by atoms with Crippen LogP contribution in [0.25, 0.3) is 21.5 Å². The standard InChI is InChI=1S/C12H6N2OS/c13-5-8-7-16-12(14-8)10-6-15-11-4-2-1-3-9(10)11/h1-4,6-7H. The second-order valence-electron chi connectivity index (χ2n) is 3.30. The van der Waals surface area contributed by atoms with Crippen LogP contribution in [0.15, 0.2) is 40.3 Å². The van der Waals surface area contributed by atoms with E-state index >= 15 is 0 Å². The van der Waals surface area contributed by atoms with Crippen molar-refractivity contribution in [2.45, 2.75) is 0 Å². The number of furan rings is 1. The molecule has 0 radical (unpaired) electrons. The fourth-order valence-corrected chi connectivity index (χ4v) is 2.36. The number of fused-ring (bicyclic) bond motifs is 1. The Hall–Kier alpha value is -2.12. The first-order valence-electron chi connectivity index (χ1n) is 4.71. The minimum Gasteiger partial charge on any atom is -0.464 e. The molecule has 76 valence electrons. The average Bonchev–Trinajstić information content (AvgIpc) is 2.94. The first-order valence-corrected chi connectivity index (χ1v) is 5.58. The van der Waals surface area contributed by atoms with Crippen molar-refractivity contribution < 1.29 is 4.42 Å². The van der Waals surface area contributed by atoms with Crippen LogP contribution in [0.3, 0.4) is 0 Å². The van der Waals surface area contributed by atoms with Crippen molar-refractivity contribution in [3.05, 3.63) is 41.6 Å². The van der Waals surface area contributed by atoms with Gasteiger partial charge in [0.05, 0.1) is 5.56 Å². The third kappa shape index (κ3) is 1.30. The van der Waals surface area contributed by atoms with Crippen LogP contribution in [-0.2, 0) is 0 Å². The van der Waals surface area contributed by atoms with Crippen LogP contribution in [0.4, 0.5) is 0 Å². The van der Waals surface area contributed by atoms with Gasteiger partial charge in [0.1, 0.15) is 22.9 Å². The molecule has 3 aromatic rings. The van der Waals surface area contributed by atoms with Gasteiger partial charge in [-0.3, -0.25) is 0 Å². The molecule has 0 N–H and O–H groups in total. The Morgan fingerprint density at radius 2 is 2.19 bits per heavy atom. The van der Waals surface area contributed by atoms with Gasteiger partial charge < -0.3 is 4.42 Å². The first kappa shape index (κ1) is 9.13. The van der Waals surface area contributed by atoms with E-state index in [1.165, 1.54) is 11.3 Å². The summed E-state index contributed by atoms with van der Waals surface area (Å²) in [5.41, 5.74) is 2.23. The number of benzene rings is 1. The van der Waals surface area contributed by atoms with Crippen LogP contribution >= 0.6 is 11.3 Å². The topological polar surface area (TPSA) is 49.8 Å². The van der Waals surface area contributed by atoms with Crippen molar-refractivity contribution in [3.63, 3.8) is 0 Å². The van der Waals surface area contributed by atoms with Gasteiger partial charge in [0.25, 0.3) is 0 Å². The highest BCUT2D eigenvalue weighted by Gasteiger charge is 2.10.